The summed E-state index contributed by atoms with van der Waals surface area (Å²) in [5.74, 6) is -5.02. The number of aromatic nitrogens is 4. The monoisotopic (exact) mass is 525 g/mol. The smallest absolute Gasteiger partial charge is 0.255 e. The Morgan fingerprint density at radius 1 is 1.08 bits per heavy atom. The van der Waals surface area contributed by atoms with Gasteiger partial charge in [0, 0.05) is 41.7 Å². The van der Waals surface area contributed by atoms with Gasteiger partial charge in [-0.25, -0.2) is 22.2 Å². The van der Waals surface area contributed by atoms with Gasteiger partial charge in [0.15, 0.2) is 17.5 Å². The van der Waals surface area contributed by atoms with E-state index in [2.05, 4.69) is 10.2 Å². The summed E-state index contributed by atoms with van der Waals surface area (Å²) < 4.78 is 59.6. The SMILES string of the molecule is CCC1c2nn(C)c(-c3cc(F)c(F)c(F)c3)c2CC(C)(CC)N1C(=O)c1cc(F)cc(-n2cccn2)c1. The maximum atomic E-state index is 14.7. The lowest BCUT2D eigenvalue weighted by Crippen LogP contribution is -2.55. The molecule has 0 radical (unpaired) electrons. The van der Waals surface area contributed by atoms with E-state index in [1.807, 2.05) is 20.8 Å². The van der Waals surface area contributed by atoms with Crippen molar-refractivity contribution < 1.29 is 22.4 Å². The lowest BCUT2D eigenvalue weighted by molar-refractivity contribution is 0.0243. The molecule has 0 saturated carbocycles. The fraction of sp³-hybridized carbons (Fsp3) is 0.321. The number of fused-ring (bicyclic) bond motifs is 1. The molecule has 2 unspecified atom stereocenters. The number of halogens is 4. The number of amides is 1. The summed E-state index contributed by atoms with van der Waals surface area (Å²) in [7, 11) is 1.65. The maximum absolute atomic E-state index is 14.7. The van der Waals surface area contributed by atoms with Crippen LogP contribution in [-0.4, -0.2) is 35.9 Å². The number of carbonyl (C=O) groups is 1. The van der Waals surface area contributed by atoms with Crippen molar-refractivity contribution in [3.05, 3.63) is 88.9 Å². The van der Waals surface area contributed by atoms with Gasteiger partial charge in [-0.3, -0.25) is 9.48 Å². The van der Waals surface area contributed by atoms with Gasteiger partial charge in [-0.2, -0.15) is 10.2 Å². The van der Waals surface area contributed by atoms with E-state index in [4.69, 9.17) is 0 Å². The Morgan fingerprint density at radius 2 is 1.79 bits per heavy atom. The summed E-state index contributed by atoms with van der Waals surface area (Å²) in [4.78, 5) is 15.8. The van der Waals surface area contributed by atoms with E-state index in [-0.39, 0.29) is 17.0 Å². The first-order valence-electron chi connectivity index (χ1n) is 12.4. The predicted molar refractivity (Wildman–Crippen MR) is 134 cm³/mol. The van der Waals surface area contributed by atoms with Crippen molar-refractivity contribution in [3.8, 4) is 16.9 Å². The van der Waals surface area contributed by atoms with Gasteiger partial charge in [0.1, 0.15) is 5.82 Å². The zero-order valence-electron chi connectivity index (χ0n) is 21.5. The highest BCUT2D eigenvalue weighted by Gasteiger charge is 2.46. The highest BCUT2D eigenvalue weighted by molar-refractivity contribution is 5.96. The van der Waals surface area contributed by atoms with Crippen LogP contribution in [0, 0.1) is 23.3 Å². The lowest BCUT2D eigenvalue weighted by atomic mass is 9.78. The van der Waals surface area contributed by atoms with Crippen molar-refractivity contribution in [2.75, 3.05) is 0 Å². The molecule has 10 heteroatoms. The molecule has 2 aromatic carbocycles. The maximum Gasteiger partial charge on any atom is 0.255 e. The van der Waals surface area contributed by atoms with Crippen LogP contribution in [0.3, 0.4) is 0 Å². The topological polar surface area (TPSA) is 56.0 Å². The van der Waals surface area contributed by atoms with E-state index in [0.29, 0.717) is 36.3 Å². The summed E-state index contributed by atoms with van der Waals surface area (Å²) in [5, 5.41) is 8.80. The van der Waals surface area contributed by atoms with Crippen molar-refractivity contribution in [2.45, 2.75) is 51.6 Å². The summed E-state index contributed by atoms with van der Waals surface area (Å²) in [6, 6.07) is 7.26. The summed E-state index contributed by atoms with van der Waals surface area (Å²) in [6.07, 6.45) is 4.62. The van der Waals surface area contributed by atoms with Crippen LogP contribution in [0.25, 0.3) is 16.9 Å². The molecule has 38 heavy (non-hydrogen) atoms. The molecular formula is C28H27F4N5O. The van der Waals surface area contributed by atoms with Gasteiger partial charge in [0.05, 0.1) is 23.1 Å². The van der Waals surface area contributed by atoms with Crippen LogP contribution >= 0.6 is 0 Å². The van der Waals surface area contributed by atoms with Gasteiger partial charge in [-0.15, -0.1) is 0 Å². The Balaban J connectivity index is 1.64. The molecule has 2 atom stereocenters. The van der Waals surface area contributed by atoms with Crippen LogP contribution in [0.15, 0.2) is 48.8 Å². The normalized spacial score (nSPS) is 19.1. The first kappa shape index (κ1) is 25.7. The molecule has 0 bridgehead atoms. The number of carbonyl (C=O) groups excluding carboxylic acids is 1. The van der Waals surface area contributed by atoms with Gasteiger partial charge < -0.3 is 4.90 Å². The van der Waals surface area contributed by atoms with E-state index in [1.165, 1.54) is 21.5 Å². The molecule has 0 aliphatic carbocycles. The quantitative estimate of drug-likeness (QED) is 0.232. The number of rotatable bonds is 5. The third kappa shape index (κ3) is 4.08. The number of benzene rings is 2. The molecule has 5 rings (SSSR count). The van der Waals surface area contributed by atoms with E-state index in [9.17, 15) is 22.4 Å². The highest BCUT2D eigenvalue weighted by atomic mass is 19.2. The zero-order valence-corrected chi connectivity index (χ0v) is 21.5. The first-order valence-corrected chi connectivity index (χ1v) is 12.4. The van der Waals surface area contributed by atoms with Crippen molar-refractivity contribution in [1.29, 1.82) is 0 Å². The van der Waals surface area contributed by atoms with E-state index in [0.717, 1.165) is 17.7 Å². The molecule has 1 aliphatic heterocycles. The van der Waals surface area contributed by atoms with Crippen molar-refractivity contribution in [3.63, 3.8) is 0 Å². The Hall–Kier alpha value is -3.95. The predicted octanol–water partition coefficient (Wildman–Crippen LogP) is 6.15. The molecule has 4 aromatic rings. The van der Waals surface area contributed by atoms with Gasteiger partial charge in [-0.05, 0) is 62.6 Å². The van der Waals surface area contributed by atoms with Gasteiger partial charge in [-0.1, -0.05) is 13.8 Å². The van der Waals surface area contributed by atoms with Crippen LogP contribution in [0.1, 0.15) is 61.3 Å². The van der Waals surface area contributed by atoms with E-state index >= 15 is 0 Å². The average molecular weight is 526 g/mol. The fourth-order valence-electron chi connectivity index (χ4n) is 5.50. The number of hydrogen-bond acceptors (Lipinski definition) is 3. The lowest BCUT2D eigenvalue weighted by Gasteiger charge is -2.49. The second-order valence-corrected chi connectivity index (χ2v) is 9.87. The molecule has 0 fully saturated rings. The Bertz CT molecular complexity index is 1510. The average Bonchev–Trinajstić information content (AvgIpc) is 3.53. The molecule has 1 aliphatic rings. The van der Waals surface area contributed by atoms with Gasteiger partial charge in [0.25, 0.3) is 5.91 Å². The largest absolute Gasteiger partial charge is 0.324 e. The minimum Gasteiger partial charge on any atom is -0.324 e. The fourth-order valence-corrected chi connectivity index (χ4v) is 5.50. The number of hydrogen-bond donors (Lipinski definition) is 0. The molecule has 0 spiro atoms. The second-order valence-electron chi connectivity index (χ2n) is 9.87. The number of aryl methyl sites for hydroxylation is 1. The summed E-state index contributed by atoms with van der Waals surface area (Å²) in [6.45, 7) is 5.81. The Kier molecular flexibility index (Phi) is 6.36. The molecule has 198 valence electrons. The highest BCUT2D eigenvalue weighted by Crippen LogP contribution is 2.46. The molecule has 0 N–H and O–H groups in total. The second kappa shape index (κ2) is 9.41. The molecule has 2 aromatic heterocycles. The Labute approximate surface area is 217 Å². The van der Waals surface area contributed by atoms with Crippen molar-refractivity contribution in [1.82, 2.24) is 24.5 Å². The minimum absolute atomic E-state index is 0.166. The van der Waals surface area contributed by atoms with Gasteiger partial charge in [0.2, 0.25) is 0 Å². The first-order chi connectivity index (χ1) is 18.1. The number of nitrogens with zero attached hydrogens (tertiary/aromatic N) is 5. The van der Waals surface area contributed by atoms with Crippen LogP contribution in [0.2, 0.25) is 0 Å². The molecule has 6 nitrogen and oxygen atoms in total. The third-order valence-corrected chi connectivity index (χ3v) is 7.47. The Morgan fingerprint density at radius 3 is 2.39 bits per heavy atom. The summed E-state index contributed by atoms with van der Waals surface area (Å²) >= 11 is 0. The van der Waals surface area contributed by atoms with Crippen LogP contribution in [-0.2, 0) is 13.5 Å². The molecule has 3 heterocycles. The molecule has 1 amide bonds. The van der Waals surface area contributed by atoms with Crippen LogP contribution in [0.4, 0.5) is 17.6 Å². The van der Waals surface area contributed by atoms with E-state index in [1.54, 1.807) is 36.5 Å². The van der Waals surface area contributed by atoms with Gasteiger partial charge >= 0.3 is 0 Å². The van der Waals surface area contributed by atoms with E-state index < -0.39 is 34.8 Å². The third-order valence-electron chi connectivity index (χ3n) is 7.47. The standard InChI is InChI=1S/C28H27F4N5O/c1-5-23-25-20(26(35(4)34-25)16-12-21(30)24(32)22(31)13-16)15-28(3,6-2)37(23)27(38)17-10-18(29)14-19(11-17)36-9-7-8-33-36/h7-14,23H,5-6,15H2,1-4H3. The molecule has 0 saturated heterocycles. The van der Waals surface area contributed by atoms with Crippen LogP contribution < -0.4 is 0 Å². The van der Waals surface area contributed by atoms with Crippen molar-refractivity contribution >= 4 is 5.91 Å². The van der Waals surface area contributed by atoms with Crippen LogP contribution in [0.5, 0.6) is 0 Å². The minimum atomic E-state index is -1.53. The summed E-state index contributed by atoms with van der Waals surface area (Å²) in [5.41, 5.74) is 1.85. The van der Waals surface area contributed by atoms with Crippen molar-refractivity contribution in [2.24, 2.45) is 7.05 Å². The zero-order chi connectivity index (χ0) is 27.4. The molecular weight excluding hydrogens is 498 g/mol.